The Labute approximate surface area is 190 Å². The molecule has 1 heterocycles. The van der Waals surface area contributed by atoms with E-state index < -0.39 is 23.8 Å². The van der Waals surface area contributed by atoms with Crippen LogP contribution >= 0.6 is 0 Å². The number of rotatable bonds is 5. The zero-order chi connectivity index (χ0) is 23.8. The second-order valence-corrected chi connectivity index (χ2v) is 7.29. The van der Waals surface area contributed by atoms with Crippen molar-refractivity contribution >= 4 is 23.4 Å². The predicted octanol–water partition coefficient (Wildman–Crippen LogP) is 0.759. The molecule has 0 fully saturated rings. The molecule has 3 N–H and O–H groups in total. The molecule has 3 rings (SSSR count). The van der Waals surface area contributed by atoms with Gasteiger partial charge in [0.25, 0.3) is 5.91 Å². The second-order valence-electron chi connectivity index (χ2n) is 7.29. The Balaban J connectivity index is 1.59. The summed E-state index contributed by atoms with van der Waals surface area (Å²) in [4.78, 5) is 38.6. The second kappa shape index (κ2) is 11.1. The maximum Gasteiger partial charge on any atom is 0.310 e. The molecule has 0 aromatic heterocycles. The van der Waals surface area contributed by atoms with Crippen molar-refractivity contribution in [1.29, 1.82) is 0 Å². The van der Waals surface area contributed by atoms with E-state index in [4.69, 9.17) is 9.84 Å². The molecule has 0 spiro atoms. The SMILES string of the molecule is CN1C(=O)[C@@H](NC(=O)C(=O)NCCc2ccccc2F)COc2ccc(C#CCCO)cc21. The molecule has 0 bridgehead atoms. The van der Waals surface area contributed by atoms with Gasteiger partial charge in [-0.2, -0.15) is 0 Å². The number of aliphatic hydroxyl groups is 1. The summed E-state index contributed by atoms with van der Waals surface area (Å²) in [7, 11) is 1.54. The number of fused-ring (bicyclic) bond motifs is 1. The third-order valence-corrected chi connectivity index (χ3v) is 4.97. The molecule has 1 aliphatic heterocycles. The molecule has 8 nitrogen and oxygen atoms in total. The van der Waals surface area contributed by atoms with Crippen molar-refractivity contribution in [2.24, 2.45) is 0 Å². The molecule has 9 heteroatoms. The summed E-state index contributed by atoms with van der Waals surface area (Å²) in [6, 6.07) is 10.2. The summed E-state index contributed by atoms with van der Waals surface area (Å²) in [6.45, 7) is -0.134. The number of nitrogens with one attached hydrogen (secondary N) is 2. The number of nitrogens with zero attached hydrogens (tertiary/aromatic N) is 1. The van der Waals surface area contributed by atoms with Crippen LogP contribution in [-0.4, -0.2) is 55.7 Å². The maximum atomic E-state index is 13.6. The fraction of sp³-hybridized carbons (Fsp3) is 0.292. The molecule has 33 heavy (non-hydrogen) atoms. The van der Waals surface area contributed by atoms with E-state index in [-0.39, 0.29) is 32.0 Å². The Morgan fingerprint density at radius 3 is 2.79 bits per heavy atom. The van der Waals surface area contributed by atoms with Gasteiger partial charge < -0.3 is 25.4 Å². The number of anilines is 1. The van der Waals surface area contributed by atoms with E-state index in [0.29, 0.717) is 29.0 Å². The first-order chi connectivity index (χ1) is 15.9. The van der Waals surface area contributed by atoms with Crippen molar-refractivity contribution in [1.82, 2.24) is 10.6 Å². The van der Waals surface area contributed by atoms with E-state index in [1.165, 1.54) is 18.0 Å². The first-order valence-corrected chi connectivity index (χ1v) is 10.4. The highest BCUT2D eigenvalue weighted by atomic mass is 19.1. The van der Waals surface area contributed by atoms with Gasteiger partial charge in [0, 0.05) is 25.6 Å². The molecular formula is C24H24FN3O5. The van der Waals surface area contributed by atoms with Crippen LogP contribution in [0.1, 0.15) is 17.5 Å². The standard InChI is InChI=1S/C24H24FN3O5/c1-28-20-14-16(6-4-5-13-29)9-10-21(20)33-15-19(24(28)32)27-23(31)22(30)26-12-11-17-7-2-3-8-18(17)25/h2-3,7-10,14,19,29H,5,11-13,15H2,1H3,(H,26,30)(H,27,31)/t19-/m0/s1. The Hall–Kier alpha value is -3.90. The largest absolute Gasteiger partial charge is 0.489 e. The molecule has 0 unspecified atom stereocenters. The molecule has 0 saturated heterocycles. The number of hydrogen-bond donors (Lipinski definition) is 3. The molecule has 1 atom stereocenters. The van der Waals surface area contributed by atoms with Gasteiger partial charge in [0.05, 0.1) is 12.3 Å². The zero-order valence-corrected chi connectivity index (χ0v) is 18.1. The average molecular weight is 453 g/mol. The highest BCUT2D eigenvalue weighted by Gasteiger charge is 2.32. The summed E-state index contributed by atoms with van der Waals surface area (Å²) < 4.78 is 19.3. The van der Waals surface area contributed by atoms with Crippen LogP contribution in [0, 0.1) is 17.7 Å². The summed E-state index contributed by atoms with van der Waals surface area (Å²) in [5, 5.41) is 13.7. The summed E-state index contributed by atoms with van der Waals surface area (Å²) in [5.74, 6) is 3.39. The molecule has 2 aromatic rings. The third kappa shape index (κ3) is 6.08. The number of hydrogen-bond acceptors (Lipinski definition) is 5. The highest BCUT2D eigenvalue weighted by Crippen LogP contribution is 2.31. The van der Waals surface area contributed by atoms with Gasteiger partial charge >= 0.3 is 11.8 Å². The van der Waals surface area contributed by atoms with Gasteiger partial charge in [-0.3, -0.25) is 14.4 Å². The molecule has 1 aliphatic rings. The van der Waals surface area contributed by atoms with E-state index in [1.807, 2.05) is 0 Å². The lowest BCUT2D eigenvalue weighted by Gasteiger charge is -2.20. The summed E-state index contributed by atoms with van der Waals surface area (Å²) in [5.41, 5.74) is 1.54. The highest BCUT2D eigenvalue weighted by molar-refractivity contribution is 6.35. The minimum absolute atomic E-state index is 0.0441. The number of ether oxygens (including phenoxy) is 1. The fourth-order valence-electron chi connectivity index (χ4n) is 3.22. The van der Waals surface area contributed by atoms with Crippen molar-refractivity contribution < 1.29 is 28.6 Å². The number of aliphatic hydroxyl groups excluding tert-OH is 1. The van der Waals surface area contributed by atoms with Crippen molar-refractivity contribution in [3.05, 3.63) is 59.4 Å². The van der Waals surface area contributed by atoms with Gasteiger partial charge in [-0.05, 0) is 36.2 Å². The number of carbonyl (C=O) groups is 3. The quantitative estimate of drug-likeness (QED) is 0.458. The van der Waals surface area contributed by atoms with Gasteiger partial charge in [-0.1, -0.05) is 30.0 Å². The molecule has 172 valence electrons. The number of likely N-dealkylation sites (N-methyl/N-ethyl adjacent to an activating group) is 1. The number of benzene rings is 2. The lowest BCUT2D eigenvalue weighted by Crippen LogP contribution is -2.53. The lowest BCUT2D eigenvalue weighted by molar-refractivity contribution is -0.140. The van der Waals surface area contributed by atoms with Gasteiger partial charge in [0.1, 0.15) is 24.2 Å². The topological polar surface area (TPSA) is 108 Å². The van der Waals surface area contributed by atoms with Gasteiger partial charge in [-0.15, -0.1) is 0 Å². The molecular weight excluding hydrogens is 429 g/mol. The van der Waals surface area contributed by atoms with E-state index in [0.717, 1.165) is 0 Å². The van der Waals surface area contributed by atoms with Crippen molar-refractivity contribution in [2.45, 2.75) is 18.9 Å². The predicted molar refractivity (Wildman–Crippen MR) is 119 cm³/mol. The first-order valence-electron chi connectivity index (χ1n) is 10.4. The van der Waals surface area contributed by atoms with Crippen LogP contribution in [-0.2, 0) is 20.8 Å². The van der Waals surface area contributed by atoms with E-state index in [2.05, 4.69) is 22.5 Å². The molecule has 0 aliphatic carbocycles. The Morgan fingerprint density at radius 2 is 2.03 bits per heavy atom. The van der Waals surface area contributed by atoms with Gasteiger partial charge in [-0.25, -0.2) is 4.39 Å². The first kappa shape index (κ1) is 23.8. The van der Waals surface area contributed by atoms with Gasteiger partial charge in [0.2, 0.25) is 0 Å². The Bertz CT molecular complexity index is 1110. The fourth-order valence-corrected chi connectivity index (χ4v) is 3.22. The Kier molecular flexibility index (Phi) is 8.00. The van der Waals surface area contributed by atoms with E-state index in [1.54, 1.807) is 36.4 Å². The Morgan fingerprint density at radius 1 is 1.24 bits per heavy atom. The van der Waals surface area contributed by atoms with Crippen LogP contribution < -0.4 is 20.3 Å². The number of halogens is 1. The average Bonchev–Trinajstić information content (AvgIpc) is 2.92. The smallest absolute Gasteiger partial charge is 0.310 e. The summed E-state index contributed by atoms with van der Waals surface area (Å²) in [6.07, 6.45) is 0.553. The van der Waals surface area contributed by atoms with E-state index in [9.17, 15) is 18.8 Å². The lowest BCUT2D eigenvalue weighted by atomic mass is 10.1. The van der Waals surface area contributed by atoms with Crippen molar-refractivity contribution in [3.63, 3.8) is 0 Å². The number of carbonyl (C=O) groups excluding carboxylic acids is 3. The van der Waals surface area contributed by atoms with Crippen LogP contribution in [0.5, 0.6) is 5.75 Å². The molecule has 2 aromatic carbocycles. The zero-order valence-electron chi connectivity index (χ0n) is 18.1. The monoisotopic (exact) mass is 453 g/mol. The molecule has 3 amide bonds. The minimum Gasteiger partial charge on any atom is -0.489 e. The van der Waals surface area contributed by atoms with Crippen LogP contribution in [0.25, 0.3) is 0 Å². The van der Waals surface area contributed by atoms with Crippen molar-refractivity contribution in [2.75, 3.05) is 31.7 Å². The molecule has 0 radical (unpaired) electrons. The normalized spacial score (nSPS) is 14.8. The van der Waals surface area contributed by atoms with Crippen LogP contribution in [0.3, 0.4) is 0 Å². The third-order valence-electron chi connectivity index (χ3n) is 4.97. The van der Waals surface area contributed by atoms with Crippen LogP contribution in [0.15, 0.2) is 42.5 Å². The maximum absolute atomic E-state index is 13.6. The number of amides is 3. The van der Waals surface area contributed by atoms with Gasteiger partial charge in [0.15, 0.2) is 0 Å². The van der Waals surface area contributed by atoms with Crippen LogP contribution in [0.4, 0.5) is 10.1 Å². The minimum atomic E-state index is -1.07. The summed E-state index contributed by atoms with van der Waals surface area (Å²) >= 11 is 0. The van der Waals surface area contributed by atoms with E-state index >= 15 is 0 Å². The van der Waals surface area contributed by atoms with Crippen molar-refractivity contribution in [3.8, 4) is 17.6 Å². The van der Waals surface area contributed by atoms with Crippen LogP contribution in [0.2, 0.25) is 0 Å². The molecule has 0 saturated carbocycles.